The number of hydrogen-bond donors (Lipinski definition) is 1. The van der Waals surface area contributed by atoms with Crippen LogP contribution in [0.2, 0.25) is 0 Å². The fourth-order valence-corrected chi connectivity index (χ4v) is 1.81. The van der Waals surface area contributed by atoms with Crippen molar-refractivity contribution in [3.05, 3.63) is 34.9 Å². The summed E-state index contributed by atoms with van der Waals surface area (Å²) in [6, 6.07) is 7.73. The van der Waals surface area contributed by atoms with Crippen molar-refractivity contribution >= 4 is 5.97 Å². The van der Waals surface area contributed by atoms with E-state index < -0.39 is 11.9 Å². The first kappa shape index (κ1) is 12.3. The largest absolute Gasteiger partial charge is 0.480 e. The molecule has 0 heterocycles. The number of aryl methyl sites for hydroxylation is 2. The second-order valence-corrected chi connectivity index (χ2v) is 4.09. The van der Waals surface area contributed by atoms with E-state index in [9.17, 15) is 4.79 Å². The van der Waals surface area contributed by atoms with Crippen molar-refractivity contribution in [2.24, 2.45) is 5.92 Å². The van der Waals surface area contributed by atoms with E-state index >= 15 is 0 Å². The van der Waals surface area contributed by atoms with Crippen LogP contribution in [0, 0.1) is 31.1 Å². The number of nitrogens with zero attached hydrogens (tertiary/aromatic N) is 1. The van der Waals surface area contributed by atoms with Gasteiger partial charge < -0.3 is 5.11 Å². The zero-order chi connectivity index (χ0) is 12.3. The van der Waals surface area contributed by atoms with Crippen LogP contribution in [0.25, 0.3) is 0 Å². The van der Waals surface area contributed by atoms with Crippen LogP contribution in [0.15, 0.2) is 18.2 Å². The Balaban J connectivity index is 3.13. The Bertz CT molecular complexity index is 446. The Labute approximate surface area is 95.3 Å². The van der Waals surface area contributed by atoms with Gasteiger partial charge >= 0.3 is 5.97 Å². The molecule has 16 heavy (non-hydrogen) atoms. The lowest BCUT2D eigenvalue weighted by Gasteiger charge is -2.17. The summed E-state index contributed by atoms with van der Waals surface area (Å²) in [7, 11) is 0. The smallest absolute Gasteiger partial charge is 0.321 e. The number of hydrogen-bond acceptors (Lipinski definition) is 2. The van der Waals surface area contributed by atoms with Crippen LogP contribution in [-0.2, 0) is 4.79 Å². The van der Waals surface area contributed by atoms with Crippen molar-refractivity contribution in [1.82, 2.24) is 0 Å². The molecule has 2 atom stereocenters. The highest BCUT2D eigenvalue weighted by atomic mass is 16.4. The average molecular weight is 217 g/mol. The van der Waals surface area contributed by atoms with Gasteiger partial charge in [0.25, 0.3) is 0 Å². The van der Waals surface area contributed by atoms with E-state index in [0.29, 0.717) is 0 Å². The molecule has 0 aliphatic rings. The van der Waals surface area contributed by atoms with Gasteiger partial charge in [-0.1, -0.05) is 30.7 Å². The highest BCUT2D eigenvalue weighted by Crippen LogP contribution is 2.27. The SMILES string of the molecule is Cc1ccc(C)c(C(C)C(C#N)C(=O)O)c1. The zero-order valence-corrected chi connectivity index (χ0v) is 9.69. The highest BCUT2D eigenvalue weighted by molar-refractivity contribution is 5.74. The summed E-state index contributed by atoms with van der Waals surface area (Å²) in [5.41, 5.74) is 3.04. The van der Waals surface area contributed by atoms with Crippen molar-refractivity contribution in [2.45, 2.75) is 26.7 Å². The summed E-state index contributed by atoms with van der Waals surface area (Å²) in [4.78, 5) is 10.9. The normalized spacial score (nSPS) is 13.9. The lowest BCUT2D eigenvalue weighted by molar-refractivity contribution is -0.140. The molecule has 0 fully saturated rings. The van der Waals surface area contributed by atoms with Crippen LogP contribution in [-0.4, -0.2) is 11.1 Å². The van der Waals surface area contributed by atoms with E-state index in [1.165, 1.54) is 0 Å². The molecular formula is C13H15NO2. The van der Waals surface area contributed by atoms with Gasteiger partial charge in [-0.25, -0.2) is 0 Å². The van der Waals surface area contributed by atoms with Gasteiger partial charge in [0, 0.05) is 5.92 Å². The second kappa shape index (κ2) is 4.80. The topological polar surface area (TPSA) is 61.1 Å². The second-order valence-electron chi connectivity index (χ2n) is 4.09. The predicted molar refractivity (Wildman–Crippen MR) is 61.1 cm³/mol. The fourth-order valence-electron chi connectivity index (χ4n) is 1.81. The van der Waals surface area contributed by atoms with E-state index in [1.807, 2.05) is 38.1 Å². The summed E-state index contributed by atoms with van der Waals surface area (Å²) in [5, 5.41) is 17.8. The van der Waals surface area contributed by atoms with Crippen molar-refractivity contribution in [2.75, 3.05) is 0 Å². The lowest BCUT2D eigenvalue weighted by atomic mass is 9.85. The quantitative estimate of drug-likeness (QED) is 0.846. The number of carbonyl (C=O) groups is 1. The Kier molecular flexibility index (Phi) is 3.68. The van der Waals surface area contributed by atoms with Crippen LogP contribution in [0.5, 0.6) is 0 Å². The Morgan fingerprint density at radius 1 is 1.44 bits per heavy atom. The molecule has 1 aromatic rings. The number of carboxylic acid groups (broad SMARTS) is 1. The van der Waals surface area contributed by atoms with Crippen LogP contribution in [0.4, 0.5) is 0 Å². The highest BCUT2D eigenvalue weighted by Gasteiger charge is 2.26. The van der Waals surface area contributed by atoms with Gasteiger partial charge in [-0.05, 0) is 25.0 Å². The molecule has 3 heteroatoms. The molecule has 0 radical (unpaired) electrons. The van der Waals surface area contributed by atoms with Gasteiger partial charge in [-0.2, -0.15) is 5.26 Å². The Hall–Kier alpha value is -1.82. The molecule has 0 aliphatic heterocycles. The molecule has 0 aromatic heterocycles. The third-order valence-corrected chi connectivity index (χ3v) is 2.83. The van der Waals surface area contributed by atoms with Crippen molar-refractivity contribution in [3.63, 3.8) is 0 Å². The fraction of sp³-hybridized carbons (Fsp3) is 0.385. The summed E-state index contributed by atoms with van der Waals surface area (Å²) in [6.45, 7) is 5.67. The number of benzene rings is 1. The van der Waals surface area contributed by atoms with E-state index in [0.717, 1.165) is 16.7 Å². The molecule has 84 valence electrons. The lowest BCUT2D eigenvalue weighted by Crippen LogP contribution is -2.19. The van der Waals surface area contributed by atoms with Crippen molar-refractivity contribution < 1.29 is 9.90 Å². The minimum atomic E-state index is -1.06. The van der Waals surface area contributed by atoms with Crippen LogP contribution >= 0.6 is 0 Å². The van der Waals surface area contributed by atoms with E-state index in [1.54, 1.807) is 6.92 Å². The van der Waals surface area contributed by atoms with Gasteiger partial charge in [0.2, 0.25) is 0 Å². The number of aliphatic carboxylic acids is 1. The molecule has 1 N–H and O–H groups in total. The molecule has 0 saturated heterocycles. The van der Waals surface area contributed by atoms with E-state index in [4.69, 9.17) is 10.4 Å². The average Bonchev–Trinajstić information content (AvgIpc) is 2.22. The molecule has 3 nitrogen and oxygen atoms in total. The monoisotopic (exact) mass is 217 g/mol. The summed E-state index contributed by atoms with van der Waals surface area (Å²) in [5.74, 6) is -2.33. The maximum Gasteiger partial charge on any atom is 0.321 e. The molecule has 0 saturated carbocycles. The third-order valence-electron chi connectivity index (χ3n) is 2.83. The third kappa shape index (κ3) is 2.40. The van der Waals surface area contributed by atoms with Crippen LogP contribution < -0.4 is 0 Å². The summed E-state index contributed by atoms with van der Waals surface area (Å²) < 4.78 is 0. The van der Waals surface area contributed by atoms with E-state index in [-0.39, 0.29) is 5.92 Å². The minimum absolute atomic E-state index is 0.289. The van der Waals surface area contributed by atoms with Crippen LogP contribution in [0.1, 0.15) is 29.5 Å². The first-order valence-corrected chi connectivity index (χ1v) is 5.17. The summed E-state index contributed by atoms with van der Waals surface area (Å²) >= 11 is 0. The van der Waals surface area contributed by atoms with Crippen LogP contribution in [0.3, 0.4) is 0 Å². The van der Waals surface area contributed by atoms with Gasteiger partial charge in [-0.3, -0.25) is 4.79 Å². The summed E-state index contributed by atoms with van der Waals surface area (Å²) in [6.07, 6.45) is 0. The Morgan fingerprint density at radius 3 is 2.56 bits per heavy atom. The first-order valence-electron chi connectivity index (χ1n) is 5.17. The molecule has 0 spiro atoms. The molecular weight excluding hydrogens is 202 g/mol. The molecule has 2 unspecified atom stereocenters. The number of carboxylic acids is 1. The van der Waals surface area contributed by atoms with Crippen molar-refractivity contribution in [1.29, 1.82) is 5.26 Å². The van der Waals surface area contributed by atoms with Crippen molar-refractivity contribution in [3.8, 4) is 6.07 Å². The Morgan fingerprint density at radius 2 is 2.06 bits per heavy atom. The van der Waals surface area contributed by atoms with E-state index in [2.05, 4.69) is 0 Å². The molecule has 1 aromatic carbocycles. The maximum atomic E-state index is 10.9. The first-order chi connectivity index (χ1) is 7.47. The molecule has 0 aliphatic carbocycles. The van der Waals surface area contributed by atoms with Gasteiger partial charge in [0.05, 0.1) is 6.07 Å². The number of rotatable bonds is 3. The predicted octanol–water partition coefficient (Wildman–Crippen LogP) is 2.63. The maximum absolute atomic E-state index is 10.9. The molecule has 0 bridgehead atoms. The minimum Gasteiger partial charge on any atom is -0.480 e. The van der Waals surface area contributed by atoms with Gasteiger partial charge in [0.1, 0.15) is 5.92 Å². The molecule has 0 amide bonds. The standard InChI is InChI=1S/C13H15NO2/c1-8-4-5-9(2)11(6-8)10(3)12(7-14)13(15)16/h4-6,10,12H,1-3H3,(H,15,16). The number of nitriles is 1. The van der Waals surface area contributed by atoms with Gasteiger partial charge in [-0.15, -0.1) is 0 Å². The molecule has 1 rings (SSSR count). The van der Waals surface area contributed by atoms with Gasteiger partial charge in [0.15, 0.2) is 0 Å². The zero-order valence-electron chi connectivity index (χ0n) is 9.69.